The van der Waals surface area contributed by atoms with Crippen LogP contribution in [-0.2, 0) is 14.3 Å². The largest absolute Gasteiger partial charge is 0.455 e. The maximum absolute atomic E-state index is 11.8. The molecule has 3 heteroatoms. The predicted octanol–water partition coefficient (Wildman–Crippen LogP) is 3.34. The highest BCUT2D eigenvalue weighted by molar-refractivity contribution is 5.97. The third kappa shape index (κ3) is 2.80. The lowest BCUT2D eigenvalue weighted by molar-refractivity contribution is -0.144. The first kappa shape index (κ1) is 14.0. The molecule has 19 heavy (non-hydrogen) atoms. The summed E-state index contributed by atoms with van der Waals surface area (Å²) in [7, 11) is 0. The Labute approximate surface area is 114 Å². The van der Waals surface area contributed by atoms with Crippen molar-refractivity contribution in [1.82, 2.24) is 0 Å². The number of ether oxygens (including phenoxy) is 1. The van der Waals surface area contributed by atoms with Crippen LogP contribution in [0.1, 0.15) is 53.4 Å². The van der Waals surface area contributed by atoms with Crippen LogP contribution in [0.5, 0.6) is 0 Å². The van der Waals surface area contributed by atoms with Crippen LogP contribution in [0.15, 0.2) is 23.3 Å². The lowest BCUT2D eigenvalue weighted by atomic mass is 9.72. The van der Waals surface area contributed by atoms with Crippen LogP contribution in [0.25, 0.3) is 0 Å². The number of hydrogen-bond donors (Lipinski definition) is 0. The number of esters is 1. The minimum Gasteiger partial charge on any atom is -0.455 e. The molecule has 1 aliphatic heterocycles. The van der Waals surface area contributed by atoms with Gasteiger partial charge in [0.1, 0.15) is 5.60 Å². The Kier molecular flexibility index (Phi) is 3.41. The molecular weight excluding hydrogens is 240 g/mol. The number of allylic oxidation sites excluding steroid dienone is 3. The summed E-state index contributed by atoms with van der Waals surface area (Å²) in [5.74, 6) is 0.0874. The molecule has 0 unspecified atom stereocenters. The van der Waals surface area contributed by atoms with Crippen molar-refractivity contribution in [3.8, 4) is 0 Å². The Morgan fingerprint density at radius 1 is 1.11 bits per heavy atom. The second-order valence-corrected chi connectivity index (χ2v) is 6.47. The number of ketones is 1. The van der Waals surface area contributed by atoms with Crippen molar-refractivity contribution in [2.45, 2.75) is 59.0 Å². The molecular formula is C16H22O3. The fourth-order valence-electron chi connectivity index (χ4n) is 2.85. The van der Waals surface area contributed by atoms with E-state index in [1.54, 1.807) is 0 Å². The van der Waals surface area contributed by atoms with Crippen molar-refractivity contribution >= 4 is 11.8 Å². The highest BCUT2D eigenvalue weighted by Crippen LogP contribution is 2.40. The molecule has 0 aromatic heterocycles. The number of carbonyl (C=O) groups excluding carboxylic acids is 2. The average Bonchev–Trinajstić information content (AvgIpc) is 2.65. The van der Waals surface area contributed by atoms with Crippen LogP contribution in [0, 0.1) is 5.41 Å². The second kappa shape index (κ2) is 4.62. The molecule has 0 radical (unpaired) electrons. The van der Waals surface area contributed by atoms with Crippen LogP contribution in [0.3, 0.4) is 0 Å². The van der Waals surface area contributed by atoms with Crippen molar-refractivity contribution in [2.24, 2.45) is 5.41 Å². The lowest BCUT2D eigenvalue weighted by Gasteiger charge is -2.32. The Morgan fingerprint density at radius 3 is 2.37 bits per heavy atom. The zero-order valence-electron chi connectivity index (χ0n) is 12.2. The van der Waals surface area contributed by atoms with E-state index < -0.39 is 5.60 Å². The third-order valence-corrected chi connectivity index (χ3v) is 4.30. The van der Waals surface area contributed by atoms with Crippen molar-refractivity contribution < 1.29 is 14.3 Å². The number of Topliss-reactive ketones (excluding diaryl/α,β-unsaturated/α-hetero) is 1. The minimum absolute atomic E-state index is 0.00741. The van der Waals surface area contributed by atoms with Gasteiger partial charge in [-0.05, 0) is 42.9 Å². The molecule has 1 heterocycles. The average molecular weight is 262 g/mol. The first-order valence-electron chi connectivity index (χ1n) is 6.89. The molecule has 0 aromatic rings. The normalized spacial score (nSPS) is 31.2. The van der Waals surface area contributed by atoms with Gasteiger partial charge in [-0.25, -0.2) is 0 Å². The fourth-order valence-corrected chi connectivity index (χ4v) is 2.85. The maximum Gasteiger partial charge on any atom is 0.306 e. The number of cyclic esters (lactones) is 1. The van der Waals surface area contributed by atoms with Crippen LogP contribution in [-0.4, -0.2) is 17.4 Å². The van der Waals surface area contributed by atoms with E-state index in [0.717, 1.165) is 17.6 Å². The zero-order valence-corrected chi connectivity index (χ0v) is 12.2. The van der Waals surface area contributed by atoms with Gasteiger partial charge in [0.25, 0.3) is 0 Å². The molecule has 104 valence electrons. The van der Waals surface area contributed by atoms with Gasteiger partial charge in [0, 0.05) is 19.3 Å². The lowest BCUT2D eigenvalue weighted by Crippen LogP contribution is -2.25. The summed E-state index contributed by atoms with van der Waals surface area (Å²) in [5.41, 5.74) is 1.42. The zero-order chi connectivity index (χ0) is 14.3. The number of rotatable bonds is 2. The number of hydrogen-bond acceptors (Lipinski definition) is 3. The SMILES string of the molecule is CC1=C(/C=C/[C@@]2(C)CCC(=O)O2)C(C)(C)CCC1=O. The van der Waals surface area contributed by atoms with E-state index in [0.29, 0.717) is 19.3 Å². The van der Waals surface area contributed by atoms with Gasteiger partial charge in [-0.1, -0.05) is 19.9 Å². The van der Waals surface area contributed by atoms with Gasteiger partial charge in [-0.15, -0.1) is 0 Å². The Morgan fingerprint density at radius 2 is 1.79 bits per heavy atom. The van der Waals surface area contributed by atoms with Gasteiger partial charge in [0.15, 0.2) is 5.78 Å². The Bertz CT molecular complexity index is 482. The molecule has 0 saturated carbocycles. The summed E-state index contributed by atoms with van der Waals surface area (Å²) in [6.45, 7) is 8.13. The van der Waals surface area contributed by atoms with E-state index in [1.165, 1.54) is 0 Å². The highest BCUT2D eigenvalue weighted by Gasteiger charge is 2.35. The fraction of sp³-hybridized carbons (Fsp3) is 0.625. The van der Waals surface area contributed by atoms with E-state index in [1.807, 2.05) is 26.0 Å². The molecule has 3 nitrogen and oxygen atoms in total. The standard InChI is InChI=1S/C16H22O3/c1-11-12(15(2,3)8-6-13(11)17)5-9-16(4)10-7-14(18)19-16/h5,9H,6-8,10H2,1-4H3/b9-5+/t16-/m0/s1. The van der Waals surface area contributed by atoms with Crippen LogP contribution in [0.4, 0.5) is 0 Å². The summed E-state index contributed by atoms with van der Waals surface area (Å²) in [6, 6.07) is 0. The van der Waals surface area contributed by atoms with Gasteiger partial charge in [0.05, 0.1) is 0 Å². The molecule has 1 aliphatic carbocycles. The summed E-state index contributed by atoms with van der Waals surface area (Å²) in [4.78, 5) is 23.1. The molecule has 0 spiro atoms. The third-order valence-electron chi connectivity index (χ3n) is 4.30. The van der Waals surface area contributed by atoms with Gasteiger partial charge >= 0.3 is 5.97 Å². The first-order valence-corrected chi connectivity index (χ1v) is 6.89. The summed E-state index contributed by atoms with van der Waals surface area (Å²) >= 11 is 0. The van der Waals surface area contributed by atoms with Gasteiger partial charge < -0.3 is 4.74 Å². The van der Waals surface area contributed by atoms with Gasteiger partial charge in [-0.2, -0.15) is 0 Å². The smallest absolute Gasteiger partial charge is 0.306 e. The molecule has 0 aromatic carbocycles. The Hall–Kier alpha value is -1.38. The topological polar surface area (TPSA) is 43.4 Å². The molecule has 1 saturated heterocycles. The van der Waals surface area contributed by atoms with Crippen LogP contribution < -0.4 is 0 Å². The van der Waals surface area contributed by atoms with E-state index in [-0.39, 0.29) is 17.2 Å². The van der Waals surface area contributed by atoms with Crippen LogP contribution in [0.2, 0.25) is 0 Å². The molecule has 0 bridgehead atoms. The van der Waals surface area contributed by atoms with E-state index >= 15 is 0 Å². The molecule has 1 fully saturated rings. The predicted molar refractivity (Wildman–Crippen MR) is 73.6 cm³/mol. The number of carbonyl (C=O) groups is 2. The van der Waals surface area contributed by atoms with Gasteiger partial charge in [-0.3, -0.25) is 9.59 Å². The van der Waals surface area contributed by atoms with Gasteiger partial charge in [0.2, 0.25) is 0 Å². The van der Waals surface area contributed by atoms with Crippen molar-refractivity contribution in [3.05, 3.63) is 23.3 Å². The second-order valence-electron chi connectivity index (χ2n) is 6.47. The molecule has 0 amide bonds. The molecule has 0 N–H and O–H groups in total. The van der Waals surface area contributed by atoms with E-state index in [2.05, 4.69) is 13.8 Å². The molecule has 2 aliphatic rings. The van der Waals surface area contributed by atoms with E-state index in [4.69, 9.17) is 4.74 Å². The van der Waals surface area contributed by atoms with Crippen LogP contribution >= 0.6 is 0 Å². The molecule has 1 atom stereocenters. The van der Waals surface area contributed by atoms with Crippen molar-refractivity contribution in [3.63, 3.8) is 0 Å². The monoisotopic (exact) mass is 262 g/mol. The Balaban J connectivity index is 2.28. The quantitative estimate of drug-likeness (QED) is 0.717. The highest BCUT2D eigenvalue weighted by atomic mass is 16.6. The minimum atomic E-state index is -0.513. The van der Waals surface area contributed by atoms with Crippen molar-refractivity contribution in [2.75, 3.05) is 0 Å². The molecule has 2 rings (SSSR count). The maximum atomic E-state index is 11.8. The summed E-state index contributed by atoms with van der Waals surface area (Å²) < 4.78 is 5.34. The summed E-state index contributed by atoms with van der Waals surface area (Å²) in [6.07, 6.45) is 6.62. The summed E-state index contributed by atoms with van der Waals surface area (Å²) in [5, 5.41) is 0. The van der Waals surface area contributed by atoms with E-state index in [9.17, 15) is 9.59 Å². The first-order chi connectivity index (χ1) is 8.73. The van der Waals surface area contributed by atoms with Crippen molar-refractivity contribution in [1.29, 1.82) is 0 Å².